The monoisotopic (exact) mass is 314 g/mol. The van der Waals surface area contributed by atoms with Crippen LogP contribution in [0.15, 0.2) is 39.9 Å². The summed E-state index contributed by atoms with van der Waals surface area (Å²) in [6, 6.07) is 4.62. The van der Waals surface area contributed by atoms with E-state index in [2.05, 4.69) is 9.73 Å². The van der Waals surface area contributed by atoms with Gasteiger partial charge in [-0.3, -0.25) is 4.57 Å². The molecule has 0 aliphatic rings. The molecule has 1 amide bonds. The highest BCUT2D eigenvalue weighted by molar-refractivity contribution is 5.67. The van der Waals surface area contributed by atoms with E-state index in [9.17, 15) is 18.0 Å². The summed E-state index contributed by atoms with van der Waals surface area (Å²) in [4.78, 5) is 15.0. The van der Waals surface area contributed by atoms with Gasteiger partial charge in [-0.1, -0.05) is 6.07 Å². The van der Waals surface area contributed by atoms with Gasteiger partial charge in [0.1, 0.15) is 5.76 Å². The van der Waals surface area contributed by atoms with Crippen molar-refractivity contribution in [2.75, 3.05) is 6.61 Å². The predicted molar refractivity (Wildman–Crippen MR) is 70.4 cm³/mol. The lowest BCUT2D eigenvalue weighted by Crippen LogP contribution is -2.17. The minimum atomic E-state index is -4.46. The minimum absolute atomic E-state index is 0.131. The molecule has 1 heterocycles. The first-order chi connectivity index (χ1) is 10.3. The zero-order valence-corrected chi connectivity index (χ0v) is 11.8. The van der Waals surface area contributed by atoms with Gasteiger partial charge < -0.3 is 9.15 Å². The molecule has 22 heavy (non-hydrogen) atoms. The lowest BCUT2D eigenvalue weighted by Gasteiger charge is -2.08. The number of rotatable bonds is 2. The molecule has 0 saturated carbocycles. The van der Waals surface area contributed by atoms with Crippen LogP contribution in [0.4, 0.5) is 18.0 Å². The van der Waals surface area contributed by atoms with E-state index < -0.39 is 17.8 Å². The average molecular weight is 314 g/mol. The van der Waals surface area contributed by atoms with E-state index in [1.54, 1.807) is 13.8 Å². The van der Waals surface area contributed by atoms with Gasteiger partial charge >= 0.3 is 18.0 Å². The number of alkyl halides is 3. The summed E-state index contributed by atoms with van der Waals surface area (Å²) < 4.78 is 49.5. The molecule has 2 rings (SSSR count). The Hall–Kier alpha value is -2.51. The number of nitrogens with zero attached hydrogens (tertiary/aromatic N) is 2. The van der Waals surface area contributed by atoms with Crippen LogP contribution in [0.2, 0.25) is 0 Å². The number of carbonyl (C=O) groups excluding carboxylic acids is 1. The first-order valence-electron chi connectivity index (χ1n) is 6.39. The first-order valence-corrected chi connectivity index (χ1v) is 6.39. The van der Waals surface area contributed by atoms with E-state index >= 15 is 0 Å². The first kappa shape index (κ1) is 15.9. The fourth-order valence-electron chi connectivity index (χ4n) is 1.78. The van der Waals surface area contributed by atoms with Gasteiger partial charge in [0, 0.05) is 0 Å². The van der Waals surface area contributed by atoms with Crippen molar-refractivity contribution >= 4 is 6.09 Å². The Morgan fingerprint density at radius 1 is 1.41 bits per heavy atom. The second kappa shape index (κ2) is 6.08. The Kier molecular flexibility index (Phi) is 4.39. The van der Waals surface area contributed by atoms with Crippen LogP contribution < -0.4 is 5.68 Å². The summed E-state index contributed by atoms with van der Waals surface area (Å²) in [7, 11) is 0. The van der Waals surface area contributed by atoms with Gasteiger partial charge in [-0.25, -0.2) is 4.79 Å². The second-order valence-corrected chi connectivity index (χ2v) is 4.35. The standard InChI is InChI=1S/C14H13F3N2O3/c1-3-21-13(20)18-12-19(8-9(2)22-12)11-6-4-5-10(7-11)14(15,16)17/h4-8H,3H2,1-2H3. The minimum Gasteiger partial charge on any atom is -0.448 e. The molecule has 0 fully saturated rings. The Morgan fingerprint density at radius 3 is 2.77 bits per heavy atom. The van der Waals surface area contributed by atoms with E-state index in [1.807, 2.05) is 0 Å². The summed E-state index contributed by atoms with van der Waals surface area (Å²) in [6.07, 6.45) is -3.90. The number of ether oxygens (including phenoxy) is 1. The molecular weight excluding hydrogens is 301 g/mol. The van der Waals surface area contributed by atoms with Crippen LogP contribution in [-0.2, 0) is 10.9 Å². The highest BCUT2D eigenvalue weighted by Crippen LogP contribution is 2.30. The number of benzene rings is 1. The topological polar surface area (TPSA) is 56.7 Å². The summed E-state index contributed by atoms with van der Waals surface area (Å²) in [5.74, 6) is 0.389. The summed E-state index contributed by atoms with van der Waals surface area (Å²) in [5, 5.41) is 0. The summed E-state index contributed by atoms with van der Waals surface area (Å²) in [6.45, 7) is 3.33. The molecule has 0 radical (unpaired) electrons. The molecular formula is C14H13F3N2O3. The van der Waals surface area contributed by atoms with Crippen molar-refractivity contribution in [3.8, 4) is 5.69 Å². The fraction of sp³-hybridized carbons (Fsp3) is 0.286. The highest BCUT2D eigenvalue weighted by Gasteiger charge is 2.30. The van der Waals surface area contributed by atoms with Crippen molar-refractivity contribution in [2.45, 2.75) is 20.0 Å². The van der Waals surface area contributed by atoms with E-state index in [1.165, 1.54) is 22.9 Å². The number of amides is 1. The lowest BCUT2D eigenvalue weighted by molar-refractivity contribution is -0.137. The van der Waals surface area contributed by atoms with Gasteiger partial charge in [0.25, 0.3) is 0 Å². The molecule has 0 aliphatic heterocycles. The zero-order chi connectivity index (χ0) is 16.3. The molecule has 0 unspecified atom stereocenters. The average Bonchev–Trinajstić information content (AvgIpc) is 2.79. The SMILES string of the molecule is CCOC(=O)N=c1oc(C)cn1-c1cccc(C(F)(F)F)c1. The number of hydrogen-bond donors (Lipinski definition) is 0. The number of oxazole rings is 1. The van der Waals surface area contributed by atoms with Gasteiger partial charge in [0.2, 0.25) is 0 Å². The van der Waals surface area contributed by atoms with Crippen LogP contribution in [0.25, 0.3) is 5.69 Å². The maximum Gasteiger partial charge on any atom is 0.438 e. The molecule has 0 bridgehead atoms. The third kappa shape index (κ3) is 3.57. The fourth-order valence-corrected chi connectivity index (χ4v) is 1.78. The Balaban J connectivity index is 2.52. The van der Waals surface area contributed by atoms with Crippen molar-refractivity contribution < 1.29 is 27.1 Å². The van der Waals surface area contributed by atoms with Crippen molar-refractivity contribution in [1.29, 1.82) is 0 Å². The maximum absolute atomic E-state index is 12.8. The molecule has 1 aromatic heterocycles. The number of hydrogen-bond acceptors (Lipinski definition) is 3. The lowest BCUT2D eigenvalue weighted by atomic mass is 10.2. The Morgan fingerprint density at radius 2 is 2.14 bits per heavy atom. The zero-order valence-electron chi connectivity index (χ0n) is 11.8. The van der Waals surface area contributed by atoms with Crippen LogP contribution in [0, 0.1) is 6.92 Å². The summed E-state index contributed by atoms with van der Waals surface area (Å²) in [5.41, 5.74) is -0.788. The van der Waals surface area contributed by atoms with Crippen molar-refractivity contribution in [3.05, 3.63) is 47.5 Å². The molecule has 118 valence electrons. The normalized spacial score (nSPS) is 12.5. The van der Waals surface area contributed by atoms with Crippen LogP contribution in [0.3, 0.4) is 0 Å². The molecule has 0 N–H and O–H groups in total. The van der Waals surface area contributed by atoms with Crippen LogP contribution in [0.1, 0.15) is 18.2 Å². The Bertz CT molecular complexity index is 744. The summed E-state index contributed by atoms with van der Waals surface area (Å²) >= 11 is 0. The molecule has 2 aromatic rings. The van der Waals surface area contributed by atoms with E-state index in [0.717, 1.165) is 12.1 Å². The molecule has 5 nitrogen and oxygen atoms in total. The quantitative estimate of drug-likeness (QED) is 0.853. The molecule has 0 atom stereocenters. The predicted octanol–water partition coefficient (Wildman–Crippen LogP) is 3.45. The molecule has 1 aromatic carbocycles. The molecule has 0 saturated heterocycles. The number of halogens is 3. The molecule has 0 spiro atoms. The van der Waals surface area contributed by atoms with E-state index in [4.69, 9.17) is 4.42 Å². The smallest absolute Gasteiger partial charge is 0.438 e. The van der Waals surface area contributed by atoms with Crippen LogP contribution in [0.5, 0.6) is 0 Å². The van der Waals surface area contributed by atoms with Gasteiger partial charge in [0.05, 0.1) is 24.1 Å². The van der Waals surface area contributed by atoms with Gasteiger partial charge in [-0.15, -0.1) is 4.99 Å². The molecule has 0 aliphatic carbocycles. The number of aromatic nitrogens is 1. The number of aryl methyl sites for hydroxylation is 1. The molecule has 8 heteroatoms. The van der Waals surface area contributed by atoms with Crippen LogP contribution >= 0.6 is 0 Å². The Labute approximate surface area is 123 Å². The maximum atomic E-state index is 12.8. The van der Waals surface area contributed by atoms with Crippen molar-refractivity contribution in [1.82, 2.24) is 4.57 Å². The second-order valence-electron chi connectivity index (χ2n) is 4.35. The van der Waals surface area contributed by atoms with Crippen molar-refractivity contribution in [3.63, 3.8) is 0 Å². The van der Waals surface area contributed by atoms with Gasteiger partial charge in [-0.2, -0.15) is 13.2 Å². The largest absolute Gasteiger partial charge is 0.448 e. The van der Waals surface area contributed by atoms with E-state index in [-0.39, 0.29) is 18.0 Å². The van der Waals surface area contributed by atoms with Gasteiger partial charge in [-0.05, 0) is 32.0 Å². The van der Waals surface area contributed by atoms with Crippen LogP contribution in [-0.4, -0.2) is 17.3 Å². The van der Waals surface area contributed by atoms with E-state index in [0.29, 0.717) is 5.76 Å². The third-order valence-corrected chi connectivity index (χ3v) is 2.68. The third-order valence-electron chi connectivity index (χ3n) is 2.68. The van der Waals surface area contributed by atoms with Gasteiger partial charge in [0.15, 0.2) is 0 Å². The number of carbonyl (C=O) groups is 1. The van der Waals surface area contributed by atoms with Crippen molar-refractivity contribution in [2.24, 2.45) is 4.99 Å². The highest BCUT2D eigenvalue weighted by atomic mass is 19.4.